The van der Waals surface area contributed by atoms with Crippen molar-refractivity contribution in [2.45, 2.75) is 70.9 Å². The summed E-state index contributed by atoms with van der Waals surface area (Å²) in [5, 5.41) is 19.2. The summed E-state index contributed by atoms with van der Waals surface area (Å²) in [6.07, 6.45) is 5.69. The Bertz CT molecular complexity index is 2500. The molecule has 2 atom stereocenters. The van der Waals surface area contributed by atoms with E-state index in [0.29, 0.717) is 24.8 Å². The monoisotopic (exact) mass is 773 g/mol. The molecule has 6 heterocycles. The number of aromatic nitrogens is 7. The van der Waals surface area contributed by atoms with Crippen LogP contribution in [0.5, 0.6) is 0 Å². The van der Waals surface area contributed by atoms with Gasteiger partial charge in [0.1, 0.15) is 6.33 Å². The van der Waals surface area contributed by atoms with E-state index in [1.54, 1.807) is 18.1 Å². The second-order valence-corrected chi connectivity index (χ2v) is 16.0. The first-order valence-corrected chi connectivity index (χ1v) is 19.2. The van der Waals surface area contributed by atoms with Crippen molar-refractivity contribution in [1.82, 2.24) is 50.1 Å². The highest BCUT2D eigenvalue weighted by molar-refractivity contribution is 6.08. The Kier molecular flexibility index (Phi) is 10.1. The fraction of sp³-hybridized carbons (Fsp3) is 0.415. The van der Waals surface area contributed by atoms with Crippen LogP contribution in [-0.2, 0) is 35.0 Å². The molecule has 0 aliphatic carbocycles. The Balaban J connectivity index is 0.902. The van der Waals surface area contributed by atoms with Crippen LogP contribution in [0.1, 0.15) is 78.3 Å². The van der Waals surface area contributed by atoms with Gasteiger partial charge in [0.15, 0.2) is 5.82 Å². The number of benzene rings is 2. The standard InChI is InChI=1S/C41H47N11O5/c1-24-17-27(7-8-28(24)20-42-38(54)36-46-39(57-48-36)41(2,3)4)35-32-18-25(21-52(32)44-23-43-35)11-14-50-15-12-29(33(22-50)56-6)26-9-10-30-31(19-26)49(5)47-37(30)51-16-13-34(53)45-40(51)55/h7-10,17-19,21,23,29,33H,11-16,20,22H2,1-6H3,(H,42,54)(H,45,53,55)/t29-,33-/m0/s1. The Hall–Kier alpha value is -6.00. The van der Waals surface area contributed by atoms with E-state index < -0.39 is 6.03 Å². The van der Waals surface area contributed by atoms with Crippen LogP contribution in [0.25, 0.3) is 27.7 Å². The van der Waals surface area contributed by atoms with E-state index in [2.05, 4.69) is 71.3 Å². The van der Waals surface area contributed by atoms with Crippen LogP contribution >= 0.6 is 0 Å². The number of carbonyl (C=O) groups is 3. The molecule has 0 saturated carbocycles. The lowest BCUT2D eigenvalue weighted by Gasteiger charge is -2.38. The number of anilines is 1. The van der Waals surface area contributed by atoms with Gasteiger partial charge in [-0.1, -0.05) is 44.1 Å². The lowest BCUT2D eigenvalue weighted by Crippen LogP contribution is -2.49. The highest BCUT2D eigenvalue weighted by Crippen LogP contribution is 2.35. The summed E-state index contributed by atoms with van der Waals surface area (Å²) in [5.41, 5.74) is 7.66. The molecular formula is C41H47N11O5. The Morgan fingerprint density at radius 1 is 1.09 bits per heavy atom. The lowest BCUT2D eigenvalue weighted by molar-refractivity contribution is -0.120. The average Bonchev–Trinajstić information content (AvgIpc) is 3.94. The number of likely N-dealkylation sites (tertiary alicyclic amines) is 1. The highest BCUT2D eigenvalue weighted by atomic mass is 16.5. The van der Waals surface area contributed by atoms with Gasteiger partial charge in [-0.25, -0.2) is 14.3 Å². The number of fused-ring (bicyclic) bond motifs is 2. The van der Waals surface area contributed by atoms with E-state index in [9.17, 15) is 14.4 Å². The molecule has 0 radical (unpaired) electrons. The first kappa shape index (κ1) is 37.9. The summed E-state index contributed by atoms with van der Waals surface area (Å²) in [6, 6.07) is 14.1. The molecule has 2 fully saturated rings. The molecule has 2 aliphatic rings. The predicted octanol–water partition coefficient (Wildman–Crippen LogP) is 4.70. The molecule has 8 rings (SSSR count). The fourth-order valence-corrected chi connectivity index (χ4v) is 7.80. The molecule has 0 bridgehead atoms. The van der Waals surface area contributed by atoms with Crippen molar-refractivity contribution in [2.75, 3.05) is 38.2 Å². The minimum absolute atomic E-state index is 0.00759. The second-order valence-electron chi connectivity index (χ2n) is 16.0. The van der Waals surface area contributed by atoms with E-state index in [1.807, 2.05) is 57.5 Å². The highest BCUT2D eigenvalue weighted by Gasteiger charge is 2.32. The summed E-state index contributed by atoms with van der Waals surface area (Å²) in [5.74, 6) is 0.545. The third-order valence-corrected chi connectivity index (χ3v) is 11.0. The molecule has 4 aromatic heterocycles. The predicted molar refractivity (Wildman–Crippen MR) is 212 cm³/mol. The van der Waals surface area contributed by atoms with E-state index in [0.717, 1.165) is 71.3 Å². The van der Waals surface area contributed by atoms with Gasteiger partial charge < -0.3 is 19.5 Å². The molecule has 4 amide bonds. The van der Waals surface area contributed by atoms with Crippen LogP contribution in [0, 0.1) is 6.92 Å². The van der Waals surface area contributed by atoms with Gasteiger partial charge in [0.25, 0.3) is 11.7 Å². The number of nitrogens with zero attached hydrogens (tertiary/aromatic N) is 9. The smallest absolute Gasteiger partial charge is 0.329 e. The quantitative estimate of drug-likeness (QED) is 0.197. The van der Waals surface area contributed by atoms with Crippen LogP contribution in [0.4, 0.5) is 10.6 Å². The Morgan fingerprint density at radius 3 is 2.68 bits per heavy atom. The summed E-state index contributed by atoms with van der Waals surface area (Å²) < 4.78 is 15.0. The van der Waals surface area contributed by atoms with Crippen molar-refractivity contribution in [1.29, 1.82) is 0 Å². The molecule has 2 saturated heterocycles. The minimum Gasteiger partial charge on any atom is -0.379 e. The molecule has 0 spiro atoms. The Morgan fingerprint density at radius 2 is 1.93 bits per heavy atom. The number of carbonyl (C=O) groups excluding carboxylic acids is 3. The third-order valence-electron chi connectivity index (χ3n) is 11.0. The maximum atomic E-state index is 12.7. The number of aryl methyl sites for hydroxylation is 2. The topological polar surface area (TPSA) is 178 Å². The average molecular weight is 774 g/mol. The zero-order valence-corrected chi connectivity index (χ0v) is 33.1. The molecule has 2 N–H and O–H groups in total. The summed E-state index contributed by atoms with van der Waals surface area (Å²) >= 11 is 0. The molecule has 2 aliphatic heterocycles. The van der Waals surface area contributed by atoms with Crippen LogP contribution in [0.3, 0.4) is 0 Å². The van der Waals surface area contributed by atoms with Gasteiger partial charge in [-0.05, 0) is 72.8 Å². The number of nitrogens with one attached hydrogen (secondary N) is 2. The molecule has 2 aromatic carbocycles. The zero-order chi connectivity index (χ0) is 40.0. The van der Waals surface area contributed by atoms with Gasteiger partial charge in [0.05, 0.1) is 22.8 Å². The van der Waals surface area contributed by atoms with Crippen molar-refractivity contribution in [2.24, 2.45) is 7.05 Å². The normalized spacial score (nSPS) is 18.1. The second kappa shape index (κ2) is 15.2. The van der Waals surface area contributed by atoms with Crippen molar-refractivity contribution >= 4 is 40.1 Å². The number of amides is 4. The number of piperidine rings is 1. The van der Waals surface area contributed by atoms with Crippen molar-refractivity contribution in [3.63, 3.8) is 0 Å². The molecular weight excluding hydrogens is 727 g/mol. The van der Waals surface area contributed by atoms with Crippen molar-refractivity contribution < 1.29 is 23.6 Å². The van der Waals surface area contributed by atoms with Crippen LogP contribution in [0.2, 0.25) is 0 Å². The number of methoxy groups -OCH3 is 1. The molecule has 16 nitrogen and oxygen atoms in total. The van der Waals surface area contributed by atoms with E-state index >= 15 is 0 Å². The van der Waals surface area contributed by atoms with Crippen molar-refractivity contribution in [3.05, 3.63) is 89.0 Å². The number of urea groups is 1. The minimum atomic E-state index is -0.442. The maximum Gasteiger partial charge on any atom is 0.329 e. The molecule has 16 heteroatoms. The molecule has 6 aromatic rings. The van der Waals surface area contributed by atoms with Gasteiger partial charge in [-0.2, -0.15) is 15.2 Å². The van der Waals surface area contributed by atoms with Crippen molar-refractivity contribution in [3.8, 4) is 11.3 Å². The third kappa shape index (κ3) is 7.61. The number of hydrogen-bond donors (Lipinski definition) is 2. The van der Waals surface area contributed by atoms with Crippen LogP contribution in [0.15, 0.2) is 59.5 Å². The number of rotatable bonds is 10. The fourth-order valence-electron chi connectivity index (χ4n) is 7.80. The summed E-state index contributed by atoms with van der Waals surface area (Å²) in [4.78, 5) is 49.9. The van der Waals surface area contributed by atoms with E-state index in [1.165, 1.54) is 16.0 Å². The van der Waals surface area contributed by atoms with E-state index in [4.69, 9.17) is 9.26 Å². The molecule has 296 valence electrons. The van der Waals surface area contributed by atoms with Gasteiger partial charge in [-0.3, -0.25) is 24.5 Å². The van der Waals surface area contributed by atoms with Gasteiger partial charge >= 0.3 is 6.03 Å². The summed E-state index contributed by atoms with van der Waals surface area (Å²) in [6.45, 7) is 11.1. The SMILES string of the molecule is CO[C@H]1CN(CCc2cc3c(-c4ccc(CNC(=O)c5noc(C(C)(C)C)n5)c(C)c4)ncnn3c2)CC[C@H]1c1ccc2c(N3CCC(=O)NC3=O)nn(C)c2c1. The van der Waals surface area contributed by atoms with Crippen LogP contribution < -0.4 is 15.5 Å². The summed E-state index contributed by atoms with van der Waals surface area (Å²) in [7, 11) is 3.66. The van der Waals surface area contributed by atoms with Gasteiger partial charge in [0, 0.05) is 75.2 Å². The van der Waals surface area contributed by atoms with E-state index in [-0.39, 0.29) is 41.5 Å². The molecule has 0 unspecified atom stereocenters. The zero-order valence-electron chi connectivity index (χ0n) is 33.1. The van der Waals surface area contributed by atoms with Crippen LogP contribution in [-0.4, -0.2) is 96.7 Å². The number of ether oxygens (including phenoxy) is 1. The Labute approximate surface area is 329 Å². The number of hydrogen-bond acceptors (Lipinski definition) is 11. The first-order valence-electron chi connectivity index (χ1n) is 19.2. The van der Waals surface area contributed by atoms with Gasteiger partial charge in [0.2, 0.25) is 11.8 Å². The molecule has 57 heavy (non-hydrogen) atoms. The maximum absolute atomic E-state index is 12.7. The number of imide groups is 1. The lowest BCUT2D eigenvalue weighted by atomic mass is 9.86. The largest absolute Gasteiger partial charge is 0.379 e. The van der Waals surface area contributed by atoms with Gasteiger partial charge in [-0.15, -0.1) is 0 Å². The first-order chi connectivity index (χ1) is 27.4.